The summed E-state index contributed by atoms with van der Waals surface area (Å²) in [7, 11) is 0. The van der Waals surface area contributed by atoms with E-state index >= 15 is 0 Å². The first kappa shape index (κ1) is 11.7. The highest BCUT2D eigenvalue weighted by Crippen LogP contribution is 2.33. The molecular weight excluding hydrogens is 238 g/mol. The fraction of sp³-hybridized carbons (Fsp3) is 0.167. The van der Waals surface area contributed by atoms with Crippen LogP contribution in [0, 0.1) is 0 Å². The number of anilines is 1. The largest absolute Gasteiger partial charge is 0.481 e. The Morgan fingerprint density at radius 1 is 1.35 bits per heavy atom. The number of carboxylic acid groups (broad SMARTS) is 1. The van der Waals surface area contributed by atoms with Crippen molar-refractivity contribution in [1.29, 1.82) is 0 Å². The van der Waals surface area contributed by atoms with Gasteiger partial charge in [0.1, 0.15) is 0 Å². The van der Waals surface area contributed by atoms with Crippen LogP contribution in [0.3, 0.4) is 0 Å². The number of amides is 1. The molecule has 0 aliphatic carbocycles. The molecule has 5 heteroatoms. The first-order valence-electron chi connectivity index (χ1n) is 5.14. The smallest absolute Gasteiger partial charge is 0.305 e. The standard InChI is InChI=1S/C12H11NO3S/c14-11-6-8-17-10-4-2-1-3-9(10)13(11)7-5-12(15)16/h1-4,6,8H,5,7H2,(H,15,16). The molecule has 4 nitrogen and oxygen atoms in total. The van der Waals surface area contributed by atoms with Gasteiger partial charge >= 0.3 is 5.97 Å². The van der Waals surface area contributed by atoms with Gasteiger partial charge in [-0.15, -0.1) is 0 Å². The zero-order valence-electron chi connectivity index (χ0n) is 9.00. The highest BCUT2D eigenvalue weighted by molar-refractivity contribution is 8.02. The number of para-hydroxylation sites is 1. The molecule has 2 rings (SSSR count). The molecule has 88 valence electrons. The third kappa shape index (κ3) is 2.68. The number of thioether (sulfide) groups is 1. The molecule has 1 aromatic carbocycles. The Labute approximate surface area is 103 Å². The topological polar surface area (TPSA) is 57.6 Å². The molecule has 0 saturated heterocycles. The van der Waals surface area contributed by atoms with Gasteiger partial charge in [0.15, 0.2) is 0 Å². The molecule has 0 fully saturated rings. The summed E-state index contributed by atoms with van der Waals surface area (Å²) in [6.45, 7) is 0.191. The number of hydrogen-bond acceptors (Lipinski definition) is 3. The SMILES string of the molecule is O=C(O)CCN1C(=O)C=CSc2ccccc21. The van der Waals surface area contributed by atoms with Crippen LogP contribution in [0.4, 0.5) is 5.69 Å². The minimum absolute atomic E-state index is 0.0570. The first-order chi connectivity index (χ1) is 8.18. The number of benzene rings is 1. The third-order valence-electron chi connectivity index (χ3n) is 2.38. The average Bonchev–Trinajstić information content (AvgIpc) is 2.45. The predicted octanol–water partition coefficient (Wildman–Crippen LogP) is 2.11. The summed E-state index contributed by atoms with van der Waals surface area (Å²) in [5, 5.41) is 10.4. The Hall–Kier alpha value is -1.75. The molecule has 1 aromatic rings. The lowest BCUT2D eigenvalue weighted by molar-refractivity contribution is -0.136. The molecular formula is C12H11NO3S. The van der Waals surface area contributed by atoms with E-state index in [1.807, 2.05) is 24.3 Å². The lowest BCUT2D eigenvalue weighted by Gasteiger charge is -2.21. The maximum atomic E-state index is 11.8. The quantitative estimate of drug-likeness (QED) is 0.891. The number of nitrogens with zero attached hydrogens (tertiary/aromatic N) is 1. The molecule has 1 amide bonds. The van der Waals surface area contributed by atoms with Crippen molar-refractivity contribution in [2.75, 3.05) is 11.4 Å². The normalized spacial score (nSPS) is 14.4. The fourth-order valence-corrected chi connectivity index (χ4v) is 2.38. The van der Waals surface area contributed by atoms with Gasteiger partial charge in [-0.05, 0) is 17.5 Å². The Kier molecular flexibility index (Phi) is 3.49. The van der Waals surface area contributed by atoms with E-state index in [2.05, 4.69) is 0 Å². The van der Waals surface area contributed by atoms with Crippen LogP contribution in [0.1, 0.15) is 6.42 Å². The molecule has 1 aliphatic rings. The fourth-order valence-electron chi connectivity index (χ4n) is 1.59. The summed E-state index contributed by atoms with van der Waals surface area (Å²) >= 11 is 1.46. The van der Waals surface area contributed by atoms with Crippen LogP contribution in [0.5, 0.6) is 0 Å². The van der Waals surface area contributed by atoms with Crippen molar-refractivity contribution in [3.63, 3.8) is 0 Å². The number of carboxylic acids is 1. The molecule has 0 bridgehead atoms. The molecule has 0 unspecified atom stereocenters. The van der Waals surface area contributed by atoms with Crippen LogP contribution in [-0.4, -0.2) is 23.5 Å². The second-order valence-electron chi connectivity index (χ2n) is 3.52. The highest BCUT2D eigenvalue weighted by Gasteiger charge is 2.19. The van der Waals surface area contributed by atoms with E-state index in [1.165, 1.54) is 22.7 Å². The molecule has 1 N–H and O–H groups in total. The van der Waals surface area contributed by atoms with Gasteiger partial charge in [-0.3, -0.25) is 9.59 Å². The van der Waals surface area contributed by atoms with Gasteiger partial charge in [0.05, 0.1) is 12.1 Å². The van der Waals surface area contributed by atoms with Crippen LogP contribution >= 0.6 is 11.8 Å². The maximum Gasteiger partial charge on any atom is 0.305 e. The monoisotopic (exact) mass is 249 g/mol. The van der Waals surface area contributed by atoms with Crippen molar-refractivity contribution in [3.8, 4) is 0 Å². The number of carbonyl (C=O) groups is 2. The van der Waals surface area contributed by atoms with E-state index < -0.39 is 5.97 Å². The average molecular weight is 249 g/mol. The molecule has 1 aliphatic heterocycles. The van der Waals surface area contributed by atoms with Gasteiger partial charge in [-0.1, -0.05) is 23.9 Å². The number of fused-ring (bicyclic) bond motifs is 1. The minimum Gasteiger partial charge on any atom is -0.481 e. The van der Waals surface area contributed by atoms with Crippen molar-refractivity contribution in [2.24, 2.45) is 0 Å². The van der Waals surface area contributed by atoms with Gasteiger partial charge in [-0.25, -0.2) is 0 Å². The Bertz CT molecular complexity index is 484. The summed E-state index contributed by atoms with van der Waals surface area (Å²) in [5.41, 5.74) is 0.772. The Balaban J connectivity index is 2.30. The molecule has 0 spiro atoms. The molecule has 1 heterocycles. The second-order valence-corrected chi connectivity index (χ2v) is 4.47. The molecule has 17 heavy (non-hydrogen) atoms. The zero-order chi connectivity index (χ0) is 12.3. The summed E-state index contributed by atoms with van der Waals surface area (Å²) in [5.74, 6) is -1.08. The van der Waals surface area contributed by atoms with Gasteiger partial charge in [0.2, 0.25) is 0 Å². The number of aliphatic carboxylic acids is 1. The van der Waals surface area contributed by atoms with Gasteiger partial charge < -0.3 is 10.0 Å². The minimum atomic E-state index is -0.906. The lowest BCUT2D eigenvalue weighted by Crippen LogP contribution is -2.31. The van der Waals surface area contributed by atoms with Crippen LogP contribution in [0.2, 0.25) is 0 Å². The van der Waals surface area contributed by atoms with Gasteiger partial charge in [0.25, 0.3) is 5.91 Å². The van der Waals surface area contributed by atoms with Crippen molar-refractivity contribution < 1.29 is 14.7 Å². The lowest BCUT2D eigenvalue weighted by atomic mass is 10.2. The van der Waals surface area contributed by atoms with E-state index in [9.17, 15) is 9.59 Å². The molecule has 0 radical (unpaired) electrons. The number of carbonyl (C=O) groups excluding carboxylic acids is 1. The maximum absolute atomic E-state index is 11.8. The van der Waals surface area contributed by atoms with E-state index in [-0.39, 0.29) is 18.9 Å². The molecule has 0 atom stereocenters. The summed E-state index contributed by atoms with van der Waals surface area (Å²) in [6, 6.07) is 7.47. The third-order valence-corrected chi connectivity index (χ3v) is 3.25. The van der Waals surface area contributed by atoms with E-state index in [0.29, 0.717) is 0 Å². The van der Waals surface area contributed by atoms with Gasteiger partial charge in [-0.2, -0.15) is 0 Å². The summed E-state index contributed by atoms with van der Waals surface area (Å²) in [4.78, 5) is 24.9. The number of rotatable bonds is 3. The molecule has 0 saturated carbocycles. The van der Waals surface area contributed by atoms with E-state index in [4.69, 9.17) is 5.11 Å². The van der Waals surface area contributed by atoms with Crippen LogP contribution < -0.4 is 4.90 Å². The van der Waals surface area contributed by atoms with Crippen LogP contribution in [-0.2, 0) is 9.59 Å². The Morgan fingerprint density at radius 3 is 2.88 bits per heavy atom. The predicted molar refractivity (Wildman–Crippen MR) is 66.0 cm³/mol. The van der Waals surface area contributed by atoms with Gasteiger partial charge in [0, 0.05) is 17.5 Å². The van der Waals surface area contributed by atoms with Crippen molar-refractivity contribution in [2.45, 2.75) is 11.3 Å². The van der Waals surface area contributed by atoms with E-state index in [0.717, 1.165) is 10.6 Å². The van der Waals surface area contributed by atoms with E-state index in [1.54, 1.807) is 5.41 Å². The van der Waals surface area contributed by atoms with Crippen molar-refractivity contribution in [3.05, 3.63) is 35.7 Å². The zero-order valence-corrected chi connectivity index (χ0v) is 9.81. The van der Waals surface area contributed by atoms with Crippen LogP contribution in [0.15, 0.2) is 40.6 Å². The van der Waals surface area contributed by atoms with Crippen molar-refractivity contribution >= 4 is 29.3 Å². The van der Waals surface area contributed by atoms with Crippen molar-refractivity contribution in [1.82, 2.24) is 0 Å². The van der Waals surface area contributed by atoms with Crippen LogP contribution in [0.25, 0.3) is 0 Å². The number of hydrogen-bond donors (Lipinski definition) is 1. The Morgan fingerprint density at radius 2 is 2.12 bits per heavy atom. The first-order valence-corrected chi connectivity index (χ1v) is 6.02. The summed E-state index contributed by atoms with van der Waals surface area (Å²) < 4.78 is 0. The second kappa shape index (κ2) is 5.05. The summed E-state index contributed by atoms with van der Waals surface area (Å²) in [6.07, 6.45) is 1.41. The highest BCUT2D eigenvalue weighted by atomic mass is 32.2. The molecule has 0 aromatic heterocycles.